The summed E-state index contributed by atoms with van der Waals surface area (Å²) >= 11 is 0. The van der Waals surface area contributed by atoms with Gasteiger partial charge in [0.15, 0.2) is 11.5 Å². The molecular formula is C21H29NO6. The minimum absolute atomic E-state index is 0.0645. The van der Waals surface area contributed by atoms with Crippen LogP contribution in [0.15, 0.2) is 12.1 Å². The third kappa shape index (κ3) is 3.75. The monoisotopic (exact) mass is 391 g/mol. The number of carbonyl (C=O) groups is 2. The van der Waals surface area contributed by atoms with E-state index in [1.165, 1.54) is 0 Å². The Labute approximate surface area is 165 Å². The molecule has 2 fully saturated rings. The fraction of sp³-hybridized carbons (Fsp3) is 0.619. The number of ether oxygens (including phenoxy) is 3. The molecule has 28 heavy (non-hydrogen) atoms. The van der Waals surface area contributed by atoms with Gasteiger partial charge in [-0.2, -0.15) is 0 Å². The highest BCUT2D eigenvalue weighted by molar-refractivity contribution is 5.85. The summed E-state index contributed by atoms with van der Waals surface area (Å²) in [4.78, 5) is 26.4. The largest absolute Gasteiger partial charge is 0.493 e. The van der Waals surface area contributed by atoms with Gasteiger partial charge < -0.3 is 24.2 Å². The predicted octanol–water partition coefficient (Wildman–Crippen LogP) is 2.89. The zero-order valence-corrected chi connectivity index (χ0v) is 16.8. The third-order valence-corrected chi connectivity index (χ3v) is 6.06. The van der Waals surface area contributed by atoms with Crippen molar-refractivity contribution in [1.82, 2.24) is 4.90 Å². The highest BCUT2D eigenvalue weighted by Gasteiger charge is 2.47. The Kier molecular flexibility index (Phi) is 6.31. The molecule has 1 aliphatic heterocycles. The molecule has 3 unspecified atom stereocenters. The van der Waals surface area contributed by atoms with Crippen LogP contribution in [0.2, 0.25) is 0 Å². The van der Waals surface area contributed by atoms with Crippen molar-refractivity contribution in [3.05, 3.63) is 17.7 Å². The van der Waals surface area contributed by atoms with E-state index >= 15 is 0 Å². The van der Waals surface area contributed by atoms with Crippen molar-refractivity contribution in [3.63, 3.8) is 0 Å². The molecule has 1 aromatic carbocycles. The Morgan fingerprint density at radius 1 is 1.07 bits per heavy atom. The van der Waals surface area contributed by atoms with Crippen molar-refractivity contribution in [2.75, 3.05) is 21.3 Å². The molecule has 3 atom stereocenters. The van der Waals surface area contributed by atoms with Crippen molar-refractivity contribution >= 4 is 11.9 Å². The molecule has 2 aliphatic rings. The van der Waals surface area contributed by atoms with Gasteiger partial charge in [-0.05, 0) is 43.2 Å². The van der Waals surface area contributed by atoms with Gasteiger partial charge in [0.05, 0.1) is 21.3 Å². The average Bonchev–Trinajstić information content (AvgIpc) is 3.11. The first-order valence-electron chi connectivity index (χ1n) is 9.83. The summed E-state index contributed by atoms with van der Waals surface area (Å²) in [5.74, 6) is 0.915. The van der Waals surface area contributed by atoms with Crippen LogP contribution in [0.25, 0.3) is 0 Å². The van der Waals surface area contributed by atoms with E-state index in [-0.39, 0.29) is 18.4 Å². The number of carbonyl (C=O) groups excluding carboxylic acids is 1. The van der Waals surface area contributed by atoms with Gasteiger partial charge in [-0.25, -0.2) is 4.79 Å². The number of aryl methyl sites for hydroxylation is 1. The molecule has 7 heteroatoms. The lowest BCUT2D eigenvalue weighted by atomic mass is 9.84. The van der Waals surface area contributed by atoms with Crippen molar-refractivity contribution in [2.24, 2.45) is 5.92 Å². The van der Waals surface area contributed by atoms with Gasteiger partial charge in [0.2, 0.25) is 11.7 Å². The van der Waals surface area contributed by atoms with Gasteiger partial charge >= 0.3 is 5.97 Å². The first kappa shape index (κ1) is 20.3. The number of amides is 1. The van der Waals surface area contributed by atoms with Crippen LogP contribution in [0.3, 0.4) is 0 Å². The molecule has 1 amide bonds. The third-order valence-electron chi connectivity index (χ3n) is 6.06. The van der Waals surface area contributed by atoms with Crippen LogP contribution in [0, 0.1) is 5.92 Å². The van der Waals surface area contributed by atoms with Gasteiger partial charge in [-0.1, -0.05) is 18.9 Å². The molecule has 1 saturated heterocycles. The van der Waals surface area contributed by atoms with E-state index in [1.807, 2.05) is 6.07 Å². The van der Waals surface area contributed by atoms with E-state index in [2.05, 4.69) is 0 Å². The molecule has 7 nitrogen and oxygen atoms in total. The highest BCUT2D eigenvalue weighted by atomic mass is 16.5. The molecule has 1 aromatic rings. The summed E-state index contributed by atoms with van der Waals surface area (Å²) < 4.78 is 16.2. The summed E-state index contributed by atoms with van der Waals surface area (Å²) in [7, 11) is 4.65. The molecule has 1 saturated carbocycles. The maximum Gasteiger partial charge on any atom is 0.326 e. The van der Waals surface area contributed by atoms with Crippen LogP contribution in [0.4, 0.5) is 0 Å². The van der Waals surface area contributed by atoms with Crippen LogP contribution in [-0.4, -0.2) is 55.3 Å². The molecular weight excluding hydrogens is 362 g/mol. The molecule has 0 bridgehead atoms. The van der Waals surface area contributed by atoms with Crippen molar-refractivity contribution < 1.29 is 28.9 Å². The van der Waals surface area contributed by atoms with Crippen LogP contribution >= 0.6 is 0 Å². The molecule has 1 aliphatic carbocycles. The fourth-order valence-corrected chi connectivity index (χ4v) is 4.77. The van der Waals surface area contributed by atoms with Gasteiger partial charge in [-0.3, -0.25) is 4.79 Å². The number of likely N-dealkylation sites (tertiary alicyclic amines) is 1. The Morgan fingerprint density at radius 3 is 2.43 bits per heavy atom. The quantitative estimate of drug-likeness (QED) is 0.769. The Balaban J connectivity index is 1.77. The number of benzene rings is 1. The van der Waals surface area contributed by atoms with Crippen molar-refractivity contribution in [2.45, 2.75) is 57.0 Å². The van der Waals surface area contributed by atoms with Gasteiger partial charge in [0.25, 0.3) is 0 Å². The smallest absolute Gasteiger partial charge is 0.326 e. The van der Waals surface area contributed by atoms with Gasteiger partial charge in [0, 0.05) is 12.5 Å². The van der Waals surface area contributed by atoms with Crippen LogP contribution in [0.1, 0.15) is 44.1 Å². The Morgan fingerprint density at radius 2 is 1.79 bits per heavy atom. The average molecular weight is 391 g/mol. The summed E-state index contributed by atoms with van der Waals surface area (Å²) in [6.45, 7) is 0. The molecule has 0 spiro atoms. The van der Waals surface area contributed by atoms with E-state index < -0.39 is 12.0 Å². The number of methoxy groups -OCH3 is 3. The zero-order chi connectivity index (χ0) is 20.3. The number of carboxylic acid groups (broad SMARTS) is 1. The number of carboxylic acids is 1. The second kappa shape index (κ2) is 8.71. The fourth-order valence-electron chi connectivity index (χ4n) is 4.77. The van der Waals surface area contributed by atoms with Crippen LogP contribution in [-0.2, 0) is 16.0 Å². The Hall–Kier alpha value is -2.44. The lowest BCUT2D eigenvalue weighted by molar-refractivity contribution is -0.149. The lowest BCUT2D eigenvalue weighted by Gasteiger charge is -2.33. The maximum atomic E-state index is 13.0. The summed E-state index contributed by atoms with van der Waals surface area (Å²) in [5, 5.41) is 9.63. The summed E-state index contributed by atoms with van der Waals surface area (Å²) in [5.41, 5.74) is 0.833. The minimum atomic E-state index is -0.897. The second-order valence-corrected chi connectivity index (χ2v) is 7.50. The van der Waals surface area contributed by atoms with E-state index in [4.69, 9.17) is 14.2 Å². The first-order valence-corrected chi connectivity index (χ1v) is 9.83. The molecule has 154 valence electrons. The second-order valence-electron chi connectivity index (χ2n) is 7.50. The van der Waals surface area contributed by atoms with E-state index in [9.17, 15) is 14.7 Å². The number of hydrogen-bond acceptors (Lipinski definition) is 5. The highest BCUT2D eigenvalue weighted by Crippen LogP contribution is 2.42. The van der Waals surface area contributed by atoms with E-state index in [0.717, 1.165) is 31.2 Å². The van der Waals surface area contributed by atoms with Gasteiger partial charge in [-0.15, -0.1) is 0 Å². The first-order chi connectivity index (χ1) is 13.5. The van der Waals surface area contributed by atoms with Crippen LogP contribution in [0.5, 0.6) is 17.2 Å². The molecule has 0 aromatic heterocycles. The van der Waals surface area contributed by atoms with Crippen molar-refractivity contribution in [1.29, 1.82) is 0 Å². The summed E-state index contributed by atoms with van der Waals surface area (Å²) in [6.07, 6.45) is 5.35. The Bertz CT molecular complexity index is 734. The van der Waals surface area contributed by atoms with E-state index in [1.54, 1.807) is 32.3 Å². The number of nitrogens with zero attached hydrogens (tertiary/aromatic N) is 1. The molecule has 1 heterocycles. The SMILES string of the molecule is COc1ccc(CCC(=O)N2C(C(=O)O)CC3CCCCC32)c(OC)c1OC. The van der Waals surface area contributed by atoms with E-state index in [0.29, 0.717) is 36.0 Å². The molecule has 3 rings (SSSR count). The number of rotatable bonds is 7. The van der Waals surface area contributed by atoms with Crippen molar-refractivity contribution in [3.8, 4) is 17.2 Å². The summed E-state index contributed by atoms with van der Waals surface area (Å²) in [6, 6.07) is 3.01. The lowest BCUT2D eigenvalue weighted by Crippen LogP contribution is -2.46. The van der Waals surface area contributed by atoms with Gasteiger partial charge in [0.1, 0.15) is 6.04 Å². The maximum absolute atomic E-state index is 13.0. The minimum Gasteiger partial charge on any atom is -0.493 e. The number of fused-ring (bicyclic) bond motifs is 1. The van der Waals surface area contributed by atoms with Crippen LogP contribution < -0.4 is 14.2 Å². The molecule has 1 N–H and O–H groups in total. The topological polar surface area (TPSA) is 85.3 Å². The normalized spacial score (nSPS) is 23.8. The predicted molar refractivity (Wildman–Crippen MR) is 103 cm³/mol. The number of hydrogen-bond donors (Lipinski definition) is 1. The zero-order valence-electron chi connectivity index (χ0n) is 16.8. The number of aliphatic carboxylic acids is 1. The standard InChI is InChI=1S/C21H29NO6/c1-26-17-10-8-13(19(27-2)20(17)28-3)9-11-18(23)22-15-7-5-4-6-14(15)12-16(22)21(24)25/h8,10,14-16H,4-7,9,11-12H2,1-3H3,(H,24,25). The molecule has 0 radical (unpaired) electrons.